The summed E-state index contributed by atoms with van der Waals surface area (Å²) in [7, 11) is -4.24. The van der Waals surface area contributed by atoms with Crippen LogP contribution < -0.4 is 15.6 Å². The minimum Gasteiger partial charge on any atom is -0.208 e. The summed E-state index contributed by atoms with van der Waals surface area (Å²) in [6.07, 6.45) is 0. The molecule has 0 radical (unpaired) electrons. The van der Waals surface area contributed by atoms with Gasteiger partial charge in [0.2, 0.25) is 0 Å². The lowest BCUT2D eigenvalue weighted by Crippen LogP contribution is -2.37. The van der Waals surface area contributed by atoms with Crippen molar-refractivity contribution in [3.05, 3.63) is 146 Å². The second-order valence-corrected chi connectivity index (χ2v) is 32.8. The highest BCUT2D eigenvalue weighted by molar-refractivity contribution is 6.89. The predicted molar refractivity (Wildman–Crippen MR) is 241 cm³/mol. The fraction of sp³-hybridized carbons (Fsp3) is 0.188. The molecule has 270 valence electrons. The van der Waals surface area contributed by atoms with Crippen LogP contribution in [0.5, 0.6) is 0 Å². The maximum absolute atomic E-state index is 5.10. The summed E-state index contributed by atoms with van der Waals surface area (Å²) in [5.74, 6) is 2.05. The first-order valence-corrected chi connectivity index (χ1v) is 29.5. The largest absolute Gasteiger partial charge is 0.208 e. The highest BCUT2D eigenvalue weighted by Crippen LogP contribution is 2.32. The lowest BCUT2D eigenvalue weighted by Gasteiger charge is -2.17. The molecule has 0 spiro atoms. The monoisotopic (exact) mass is 753 g/mol. The normalized spacial score (nSPS) is 12.2. The minimum absolute atomic E-state index is 0.671. The van der Waals surface area contributed by atoms with Crippen molar-refractivity contribution >= 4 is 39.8 Å². The van der Waals surface area contributed by atoms with Crippen LogP contribution in [-0.4, -0.2) is 39.2 Å². The van der Waals surface area contributed by atoms with Crippen LogP contribution in [0.4, 0.5) is 0 Å². The summed E-state index contributed by atoms with van der Waals surface area (Å²) in [4.78, 5) is 15.3. The van der Waals surface area contributed by atoms with Gasteiger partial charge in [-0.1, -0.05) is 202 Å². The van der Waals surface area contributed by atoms with E-state index < -0.39 is 24.2 Å². The van der Waals surface area contributed by atoms with Crippen molar-refractivity contribution in [3.8, 4) is 67.5 Å². The molecule has 0 saturated carbocycles. The SMILES string of the molecule is C[Si](C)(C)c1ccc(-c2cccc(-c3cccc(-c4cccc(-c5nc(-c6ccc([Si](C)(C)C)cc6)nc(-c6ccc([Si](C)(C)C)cc6)n5)c4)c3)c2)cc1. The first-order chi connectivity index (χ1) is 25.6. The molecule has 0 aliphatic rings. The maximum atomic E-state index is 5.10. The Labute approximate surface area is 325 Å². The van der Waals surface area contributed by atoms with Crippen molar-refractivity contribution in [2.75, 3.05) is 0 Å². The molecule has 7 aromatic rings. The second kappa shape index (κ2) is 14.7. The smallest absolute Gasteiger partial charge is 0.164 e. The third-order valence-corrected chi connectivity index (χ3v) is 16.4. The number of nitrogens with zero attached hydrogens (tertiary/aromatic N) is 3. The minimum atomic E-state index is -1.44. The molecule has 0 fully saturated rings. The molecule has 0 aliphatic carbocycles. The van der Waals surface area contributed by atoms with Crippen molar-refractivity contribution in [1.29, 1.82) is 0 Å². The van der Waals surface area contributed by atoms with Gasteiger partial charge in [-0.25, -0.2) is 15.0 Å². The first-order valence-electron chi connectivity index (χ1n) is 19.0. The first kappa shape index (κ1) is 37.3. The van der Waals surface area contributed by atoms with Gasteiger partial charge in [0, 0.05) is 16.7 Å². The average molecular weight is 754 g/mol. The highest BCUT2D eigenvalue weighted by Gasteiger charge is 2.20. The fourth-order valence-corrected chi connectivity index (χ4v) is 10.3. The standard InChI is InChI=1S/C48H51N3Si3/c1-52(2,3)43-25-19-34(20-26-43)37-13-10-14-38(31-37)39-15-11-16-40(32-39)41-17-12-18-42(33-41)48-50-46(35-21-27-44(28-22-35)53(4,5)6)49-47(51-48)36-23-29-45(30-24-36)54(7,8)9/h10-33H,1-9H3. The molecule has 6 aromatic carbocycles. The summed E-state index contributed by atoms with van der Waals surface area (Å²) in [6.45, 7) is 21.4. The average Bonchev–Trinajstić information content (AvgIpc) is 3.17. The van der Waals surface area contributed by atoms with Crippen molar-refractivity contribution in [1.82, 2.24) is 15.0 Å². The molecular weight excluding hydrogens is 703 g/mol. The Morgan fingerprint density at radius 3 is 0.815 bits per heavy atom. The highest BCUT2D eigenvalue weighted by atomic mass is 28.3. The Morgan fingerprint density at radius 2 is 0.500 bits per heavy atom. The van der Waals surface area contributed by atoms with Crippen LogP contribution in [-0.2, 0) is 0 Å². The van der Waals surface area contributed by atoms with E-state index in [9.17, 15) is 0 Å². The molecule has 6 heteroatoms. The van der Waals surface area contributed by atoms with Gasteiger partial charge in [-0.15, -0.1) is 0 Å². The van der Waals surface area contributed by atoms with Gasteiger partial charge >= 0.3 is 0 Å². The van der Waals surface area contributed by atoms with Gasteiger partial charge in [0.15, 0.2) is 17.5 Å². The summed E-state index contributed by atoms with van der Waals surface area (Å²) in [5.41, 5.74) is 10.1. The van der Waals surface area contributed by atoms with Crippen LogP contribution in [0.2, 0.25) is 58.9 Å². The molecule has 0 amide bonds. The number of aromatic nitrogens is 3. The third-order valence-electron chi connectivity index (χ3n) is 10.3. The van der Waals surface area contributed by atoms with Gasteiger partial charge in [0.05, 0.1) is 24.2 Å². The lowest BCUT2D eigenvalue weighted by atomic mass is 9.95. The Morgan fingerprint density at radius 1 is 0.259 bits per heavy atom. The van der Waals surface area contributed by atoms with E-state index in [4.69, 9.17) is 15.0 Å². The van der Waals surface area contributed by atoms with E-state index in [1.54, 1.807) is 0 Å². The molecule has 3 nitrogen and oxygen atoms in total. The van der Waals surface area contributed by atoms with E-state index in [0.29, 0.717) is 17.5 Å². The molecule has 7 rings (SSSR count). The van der Waals surface area contributed by atoms with E-state index >= 15 is 0 Å². The van der Waals surface area contributed by atoms with Crippen LogP contribution in [0, 0.1) is 0 Å². The van der Waals surface area contributed by atoms with E-state index in [0.717, 1.165) is 27.8 Å². The quantitative estimate of drug-likeness (QED) is 0.138. The molecule has 1 aromatic heterocycles. The molecule has 0 unspecified atom stereocenters. The zero-order valence-electron chi connectivity index (χ0n) is 33.2. The lowest BCUT2D eigenvalue weighted by molar-refractivity contribution is 1.07. The second-order valence-electron chi connectivity index (χ2n) is 17.5. The fourth-order valence-electron chi connectivity index (χ4n) is 6.76. The van der Waals surface area contributed by atoms with Gasteiger partial charge < -0.3 is 0 Å². The van der Waals surface area contributed by atoms with Crippen LogP contribution in [0.25, 0.3) is 67.5 Å². The number of benzene rings is 6. The summed E-state index contributed by atoms with van der Waals surface area (Å²) < 4.78 is 0. The van der Waals surface area contributed by atoms with Crippen LogP contribution in [0.15, 0.2) is 146 Å². The number of rotatable bonds is 9. The Bertz CT molecular complexity index is 2340. The van der Waals surface area contributed by atoms with E-state index in [1.807, 2.05) is 0 Å². The van der Waals surface area contributed by atoms with Crippen molar-refractivity contribution in [2.24, 2.45) is 0 Å². The zero-order chi connectivity index (χ0) is 38.3. The molecular formula is C48H51N3Si3. The Balaban J connectivity index is 1.25. The maximum Gasteiger partial charge on any atom is 0.164 e. The van der Waals surface area contributed by atoms with E-state index in [1.165, 1.54) is 37.8 Å². The molecule has 0 saturated heterocycles. The molecule has 0 N–H and O–H groups in total. The van der Waals surface area contributed by atoms with Crippen molar-refractivity contribution in [3.63, 3.8) is 0 Å². The van der Waals surface area contributed by atoms with Gasteiger partial charge in [-0.3, -0.25) is 0 Å². The third kappa shape index (κ3) is 8.36. The van der Waals surface area contributed by atoms with Crippen molar-refractivity contribution in [2.45, 2.75) is 58.9 Å². The van der Waals surface area contributed by atoms with Gasteiger partial charge in [0.25, 0.3) is 0 Å². The van der Waals surface area contributed by atoms with Crippen molar-refractivity contribution < 1.29 is 0 Å². The topological polar surface area (TPSA) is 38.7 Å². The Kier molecular flexibility index (Phi) is 10.1. The molecule has 1 heterocycles. The predicted octanol–water partition coefficient (Wildman–Crippen LogP) is 11.5. The number of hydrogen-bond donors (Lipinski definition) is 0. The van der Waals surface area contributed by atoms with Crippen LogP contribution in [0.3, 0.4) is 0 Å². The number of hydrogen-bond acceptors (Lipinski definition) is 3. The van der Waals surface area contributed by atoms with Crippen LogP contribution >= 0.6 is 0 Å². The van der Waals surface area contributed by atoms with E-state index in [2.05, 4.69) is 205 Å². The van der Waals surface area contributed by atoms with E-state index in [-0.39, 0.29) is 0 Å². The molecule has 0 bridgehead atoms. The van der Waals surface area contributed by atoms with Gasteiger partial charge in [-0.2, -0.15) is 0 Å². The van der Waals surface area contributed by atoms with Gasteiger partial charge in [0.1, 0.15) is 0 Å². The molecule has 0 aliphatic heterocycles. The zero-order valence-corrected chi connectivity index (χ0v) is 36.2. The Hall–Kier alpha value is -5.02. The summed E-state index contributed by atoms with van der Waals surface area (Å²) >= 11 is 0. The summed E-state index contributed by atoms with van der Waals surface area (Å²) in [6, 6.07) is 53.2. The van der Waals surface area contributed by atoms with Gasteiger partial charge in [-0.05, 0) is 51.6 Å². The van der Waals surface area contributed by atoms with Crippen LogP contribution in [0.1, 0.15) is 0 Å². The molecule has 54 heavy (non-hydrogen) atoms. The molecule has 0 atom stereocenters. The summed E-state index contributed by atoms with van der Waals surface area (Å²) in [5, 5.41) is 4.31.